The number of hydrogen-bond acceptors (Lipinski definition) is 2. The molecule has 1 aliphatic rings. The molecule has 2 aromatic heterocycles. The van der Waals surface area contributed by atoms with Gasteiger partial charge in [0.25, 0.3) is 0 Å². The molecule has 0 bridgehead atoms. The van der Waals surface area contributed by atoms with Gasteiger partial charge in [-0.25, -0.2) is 4.39 Å². The summed E-state index contributed by atoms with van der Waals surface area (Å²) in [5.74, 6) is -0.224. The highest BCUT2D eigenvalue weighted by Gasteiger charge is 2.42. The molecule has 36 heavy (non-hydrogen) atoms. The molecule has 2 atom stereocenters. The monoisotopic (exact) mass is 498 g/mol. The fraction of sp³-hybridized carbons (Fsp3) is 0.267. The number of aryl methyl sites for hydroxylation is 5. The molecule has 0 radical (unpaired) electrons. The molecule has 5 rings (SSSR count). The standard InChI is InChI=1S/C30H31FN4S/c1-17-13-19(3)28(20(4)14-17)34-21(5)16-24(22(34)6)29-27(26-9-7-8-12-32-26)33-30(36)35(29)23-10-11-25(31)18(2)15-23/h7-16,27,29H,1-6H3,(H,33,36)/t27-,29+/m1/s1. The maximum atomic E-state index is 14.2. The predicted molar refractivity (Wildman–Crippen MR) is 149 cm³/mol. The van der Waals surface area contributed by atoms with Gasteiger partial charge in [-0.2, -0.15) is 0 Å². The Morgan fingerprint density at radius 3 is 2.25 bits per heavy atom. The first-order valence-electron chi connectivity index (χ1n) is 12.2. The fourth-order valence-corrected chi connectivity index (χ4v) is 6.03. The van der Waals surface area contributed by atoms with E-state index in [2.05, 4.69) is 72.6 Å². The zero-order chi connectivity index (χ0) is 25.7. The van der Waals surface area contributed by atoms with Crippen molar-refractivity contribution in [2.75, 3.05) is 4.90 Å². The van der Waals surface area contributed by atoms with Crippen LogP contribution >= 0.6 is 12.2 Å². The summed E-state index contributed by atoms with van der Waals surface area (Å²) in [6.07, 6.45) is 1.81. The summed E-state index contributed by atoms with van der Waals surface area (Å²) >= 11 is 5.87. The molecule has 2 aromatic carbocycles. The second-order valence-electron chi connectivity index (χ2n) is 9.84. The quantitative estimate of drug-likeness (QED) is 0.306. The average Bonchev–Trinajstić information content (AvgIpc) is 3.32. The molecule has 6 heteroatoms. The third-order valence-electron chi connectivity index (χ3n) is 7.17. The molecule has 0 saturated carbocycles. The maximum Gasteiger partial charge on any atom is 0.174 e. The number of hydrogen-bond donors (Lipinski definition) is 1. The van der Waals surface area contributed by atoms with Crippen LogP contribution in [0.4, 0.5) is 10.1 Å². The van der Waals surface area contributed by atoms with Crippen molar-refractivity contribution in [3.8, 4) is 5.69 Å². The molecular weight excluding hydrogens is 467 g/mol. The number of halogens is 1. The van der Waals surface area contributed by atoms with Crippen LogP contribution in [0.2, 0.25) is 0 Å². The third kappa shape index (κ3) is 3.99. The van der Waals surface area contributed by atoms with Gasteiger partial charge in [-0.15, -0.1) is 0 Å². The average molecular weight is 499 g/mol. The predicted octanol–water partition coefficient (Wildman–Crippen LogP) is 7.04. The van der Waals surface area contributed by atoms with Gasteiger partial charge in [-0.3, -0.25) is 4.98 Å². The van der Waals surface area contributed by atoms with Crippen LogP contribution in [-0.2, 0) is 0 Å². The van der Waals surface area contributed by atoms with E-state index in [1.807, 2.05) is 30.5 Å². The molecule has 0 spiro atoms. The van der Waals surface area contributed by atoms with Crippen LogP contribution in [0, 0.1) is 47.4 Å². The molecule has 1 aliphatic heterocycles. The molecule has 0 unspecified atom stereocenters. The van der Waals surface area contributed by atoms with Gasteiger partial charge >= 0.3 is 0 Å². The lowest BCUT2D eigenvalue weighted by molar-refractivity contribution is 0.564. The molecule has 1 N–H and O–H groups in total. The molecule has 0 aliphatic carbocycles. The van der Waals surface area contributed by atoms with Crippen LogP contribution in [0.1, 0.15) is 57.0 Å². The topological polar surface area (TPSA) is 33.1 Å². The van der Waals surface area contributed by atoms with E-state index in [0.29, 0.717) is 10.7 Å². The number of aromatic nitrogens is 2. The van der Waals surface area contributed by atoms with E-state index in [1.54, 1.807) is 13.0 Å². The van der Waals surface area contributed by atoms with Gasteiger partial charge in [0.05, 0.1) is 23.5 Å². The summed E-state index contributed by atoms with van der Waals surface area (Å²) in [6.45, 7) is 12.6. The van der Waals surface area contributed by atoms with Crippen molar-refractivity contribution < 1.29 is 4.39 Å². The van der Waals surface area contributed by atoms with Crippen molar-refractivity contribution in [1.82, 2.24) is 14.9 Å². The Morgan fingerprint density at radius 1 is 0.889 bits per heavy atom. The highest BCUT2D eigenvalue weighted by Crippen LogP contribution is 2.44. The van der Waals surface area contributed by atoms with Crippen molar-refractivity contribution in [2.45, 2.75) is 53.6 Å². The first-order chi connectivity index (χ1) is 17.2. The zero-order valence-electron chi connectivity index (χ0n) is 21.6. The van der Waals surface area contributed by atoms with Gasteiger partial charge in [-0.1, -0.05) is 23.8 Å². The smallest absolute Gasteiger partial charge is 0.174 e. The van der Waals surface area contributed by atoms with Gasteiger partial charge in [0.2, 0.25) is 0 Å². The first-order valence-corrected chi connectivity index (χ1v) is 12.6. The molecular formula is C30H31FN4S. The minimum atomic E-state index is -0.224. The maximum absolute atomic E-state index is 14.2. The number of nitrogens with one attached hydrogen (secondary N) is 1. The summed E-state index contributed by atoms with van der Waals surface area (Å²) in [5, 5.41) is 4.12. The van der Waals surface area contributed by atoms with E-state index < -0.39 is 0 Å². The van der Waals surface area contributed by atoms with Gasteiger partial charge < -0.3 is 14.8 Å². The highest BCUT2D eigenvalue weighted by atomic mass is 32.1. The van der Waals surface area contributed by atoms with Crippen LogP contribution in [0.15, 0.2) is 60.8 Å². The lowest BCUT2D eigenvalue weighted by Gasteiger charge is -2.28. The van der Waals surface area contributed by atoms with Gasteiger partial charge in [0, 0.05) is 23.3 Å². The first kappa shape index (κ1) is 24.2. The van der Waals surface area contributed by atoms with E-state index in [0.717, 1.165) is 28.3 Å². The van der Waals surface area contributed by atoms with E-state index in [-0.39, 0.29) is 17.9 Å². The van der Waals surface area contributed by atoms with Crippen molar-refractivity contribution in [1.29, 1.82) is 0 Å². The molecule has 0 amide bonds. The number of rotatable bonds is 4. The number of anilines is 1. The Bertz CT molecular complexity index is 1450. The molecule has 4 aromatic rings. The molecule has 3 heterocycles. The molecule has 4 nitrogen and oxygen atoms in total. The van der Waals surface area contributed by atoms with Gasteiger partial charge in [-0.05, 0) is 112 Å². The second kappa shape index (κ2) is 9.17. The SMILES string of the molecule is Cc1cc(C)c(-n2c(C)cc([C@H]3[C@@H](c4ccccn4)NC(=S)N3c3ccc(F)c(C)c3)c2C)c(C)c1. The van der Waals surface area contributed by atoms with E-state index in [4.69, 9.17) is 12.2 Å². The third-order valence-corrected chi connectivity index (χ3v) is 7.48. The van der Waals surface area contributed by atoms with E-state index in [1.165, 1.54) is 28.4 Å². The Balaban J connectivity index is 1.72. The largest absolute Gasteiger partial charge is 0.351 e. The second-order valence-corrected chi connectivity index (χ2v) is 10.2. The minimum Gasteiger partial charge on any atom is -0.351 e. The van der Waals surface area contributed by atoms with Crippen LogP contribution in [0.3, 0.4) is 0 Å². The number of thiocarbonyl (C=S) groups is 1. The van der Waals surface area contributed by atoms with Crippen molar-refractivity contribution in [3.05, 3.63) is 112 Å². The fourth-order valence-electron chi connectivity index (χ4n) is 5.68. The Morgan fingerprint density at radius 2 is 1.61 bits per heavy atom. The Labute approximate surface area is 217 Å². The van der Waals surface area contributed by atoms with Gasteiger partial charge in [0.1, 0.15) is 5.82 Å². The molecule has 1 saturated heterocycles. The summed E-state index contributed by atoms with van der Waals surface area (Å²) in [5.41, 5.74) is 10.8. The van der Waals surface area contributed by atoms with Crippen LogP contribution < -0.4 is 10.2 Å². The summed E-state index contributed by atoms with van der Waals surface area (Å²) in [7, 11) is 0. The Hall–Kier alpha value is -3.51. The molecule has 1 fully saturated rings. The number of pyridine rings is 1. The molecule has 184 valence electrons. The van der Waals surface area contributed by atoms with Crippen molar-refractivity contribution in [2.24, 2.45) is 0 Å². The minimum absolute atomic E-state index is 0.150. The summed E-state index contributed by atoms with van der Waals surface area (Å²) in [4.78, 5) is 6.78. The lowest BCUT2D eigenvalue weighted by Crippen LogP contribution is -2.29. The lowest BCUT2D eigenvalue weighted by atomic mass is 9.96. The van der Waals surface area contributed by atoms with E-state index >= 15 is 0 Å². The highest BCUT2D eigenvalue weighted by molar-refractivity contribution is 7.80. The number of nitrogens with zero attached hydrogens (tertiary/aromatic N) is 3. The zero-order valence-corrected chi connectivity index (χ0v) is 22.4. The summed E-state index contributed by atoms with van der Waals surface area (Å²) < 4.78 is 16.5. The summed E-state index contributed by atoms with van der Waals surface area (Å²) in [6, 6.07) is 17.5. The number of benzene rings is 2. The normalized spacial score (nSPS) is 17.5. The van der Waals surface area contributed by atoms with Crippen LogP contribution in [-0.4, -0.2) is 14.7 Å². The van der Waals surface area contributed by atoms with Crippen molar-refractivity contribution in [3.63, 3.8) is 0 Å². The van der Waals surface area contributed by atoms with Crippen LogP contribution in [0.5, 0.6) is 0 Å². The van der Waals surface area contributed by atoms with Gasteiger partial charge in [0.15, 0.2) is 5.11 Å². The Kier molecular flexibility index (Phi) is 6.17. The van der Waals surface area contributed by atoms with E-state index in [9.17, 15) is 4.39 Å². The van der Waals surface area contributed by atoms with Crippen LogP contribution in [0.25, 0.3) is 5.69 Å². The van der Waals surface area contributed by atoms with Crippen molar-refractivity contribution >= 4 is 23.0 Å².